The van der Waals surface area contributed by atoms with Gasteiger partial charge in [-0.2, -0.15) is 18.2 Å². The van der Waals surface area contributed by atoms with Crippen molar-refractivity contribution in [2.75, 3.05) is 18.5 Å². The minimum atomic E-state index is -4.29. The number of hydrogen-bond donors (Lipinski definition) is 1. The lowest BCUT2D eigenvalue weighted by Gasteiger charge is -2.10. The van der Waals surface area contributed by atoms with Crippen molar-refractivity contribution in [2.45, 2.75) is 32.9 Å². The maximum Gasteiger partial charge on any atom is 0.389 e. The first-order chi connectivity index (χ1) is 9.74. The van der Waals surface area contributed by atoms with Gasteiger partial charge in [-0.25, -0.2) is 4.98 Å². The molecule has 10 heteroatoms. The van der Waals surface area contributed by atoms with Crippen LogP contribution in [0.2, 0.25) is 0 Å². The molecule has 0 radical (unpaired) electrons. The largest absolute Gasteiger partial charge is 0.473 e. The summed E-state index contributed by atoms with van der Waals surface area (Å²) < 4.78 is 41.1. The van der Waals surface area contributed by atoms with Crippen LogP contribution in [0.15, 0.2) is 0 Å². The van der Waals surface area contributed by atoms with Crippen molar-refractivity contribution in [2.24, 2.45) is 0 Å². The quantitative estimate of drug-likeness (QED) is 0.473. The first kappa shape index (κ1) is 16.9. The molecule has 1 aromatic heterocycles. The Labute approximate surface area is 118 Å². The van der Waals surface area contributed by atoms with E-state index in [-0.39, 0.29) is 30.5 Å². The Hall–Kier alpha value is -2.13. The van der Waals surface area contributed by atoms with Crippen LogP contribution in [0.1, 0.15) is 25.5 Å². The monoisotopic (exact) mass is 308 g/mol. The van der Waals surface area contributed by atoms with Crippen molar-refractivity contribution in [3.8, 4) is 5.88 Å². The lowest BCUT2D eigenvalue weighted by atomic mass is 10.3. The minimum Gasteiger partial charge on any atom is -0.473 e. The van der Waals surface area contributed by atoms with E-state index in [4.69, 9.17) is 4.74 Å². The summed E-state index contributed by atoms with van der Waals surface area (Å²) in [6, 6.07) is 0. The highest BCUT2D eigenvalue weighted by atomic mass is 19.4. The third-order valence-corrected chi connectivity index (χ3v) is 2.39. The predicted octanol–water partition coefficient (Wildman–Crippen LogP) is 2.85. The standard InChI is InChI=1S/C11H15F3N4O3/c1-3-15-10-16-7(2)8(18(19)20)9(17-10)21-6-4-5-11(12,13)14/h3-6H2,1-2H3,(H,15,16,17). The van der Waals surface area contributed by atoms with E-state index in [0.717, 1.165) is 0 Å². The van der Waals surface area contributed by atoms with E-state index < -0.39 is 23.2 Å². The Morgan fingerprint density at radius 2 is 2.05 bits per heavy atom. The number of aromatic nitrogens is 2. The summed E-state index contributed by atoms with van der Waals surface area (Å²) >= 11 is 0. The summed E-state index contributed by atoms with van der Waals surface area (Å²) in [5, 5.41) is 13.7. The lowest BCUT2D eigenvalue weighted by molar-refractivity contribution is -0.387. The van der Waals surface area contributed by atoms with Crippen LogP contribution in [0.3, 0.4) is 0 Å². The molecule has 21 heavy (non-hydrogen) atoms. The molecule has 0 aliphatic carbocycles. The zero-order valence-electron chi connectivity index (χ0n) is 11.5. The number of nitrogens with zero attached hydrogens (tertiary/aromatic N) is 3. The Morgan fingerprint density at radius 3 is 2.57 bits per heavy atom. The molecule has 0 aliphatic rings. The van der Waals surface area contributed by atoms with Gasteiger partial charge < -0.3 is 10.1 Å². The molecule has 1 aromatic rings. The number of halogens is 3. The molecule has 0 spiro atoms. The van der Waals surface area contributed by atoms with Crippen molar-refractivity contribution in [1.29, 1.82) is 0 Å². The van der Waals surface area contributed by atoms with E-state index in [1.807, 2.05) is 0 Å². The predicted molar refractivity (Wildman–Crippen MR) is 68.4 cm³/mol. The van der Waals surface area contributed by atoms with E-state index in [1.165, 1.54) is 6.92 Å². The Balaban J connectivity index is 2.84. The van der Waals surface area contributed by atoms with Gasteiger partial charge in [-0.3, -0.25) is 10.1 Å². The maximum absolute atomic E-state index is 12.0. The summed E-state index contributed by atoms with van der Waals surface area (Å²) in [5.74, 6) is -0.197. The average molecular weight is 308 g/mol. The lowest BCUT2D eigenvalue weighted by Crippen LogP contribution is -2.12. The van der Waals surface area contributed by atoms with Crippen LogP contribution in [-0.2, 0) is 0 Å². The van der Waals surface area contributed by atoms with Gasteiger partial charge in [-0.15, -0.1) is 0 Å². The molecule has 0 unspecified atom stereocenters. The smallest absolute Gasteiger partial charge is 0.389 e. The van der Waals surface area contributed by atoms with Crippen molar-refractivity contribution in [3.05, 3.63) is 15.8 Å². The molecule has 0 bridgehead atoms. The molecule has 7 nitrogen and oxygen atoms in total. The van der Waals surface area contributed by atoms with Gasteiger partial charge in [-0.05, 0) is 20.3 Å². The van der Waals surface area contributed by atoms with E-state index in [1.54, 1.807) is 6.92 Å². The fraction of sp³-hybridized carbons (Fsp3) is 0.636. The fourth-order valence-electron chi connectivity index (χ4n) is 1.53. The number of hydrogen-bond acceptors (Lipinski definition) is 6. The van der Waals surface area contributed by atoms with Gasteiger partial charge in [0.25, 0.3) is 5.88 Å². The highest BCUT2D eigenvalue weighted by Gasteiger charge is 2.27. The van der Waals surface area contributed by atoms with Crippen molar-refractivity contribution in [3.63, 3.8) is 0 Å². The van der Waals surface area contributed by atoms with Gasteiger partial charge in [0.1, 0.15) is 5.69 Å². The summed E-state index contributed by atoms with van der Waals surface area (Å²) in [5.41, 5.74) is -0.361. The molecule has 1 rings (SSSR count). The molecule has 118 valence electrons. The van der Waals surface area contributed by atoms with Gasteiger partial charge in [0.15, 0.2) is 0 Å². The van der Waals surface area contributed by atoms with Crippen molar-refractivity contribution < 1.29 is 22.8 Å². The van der Waals surface area contributed by atoms with Crippen LogP contribution in [0, 0.1) is 17.0 Å². The normalized spacial score (nSPS) is 11.3. The first-order valence-corrected chi connectivity index (χ1v) is 6.21. The molecular weight excluding hydrogens is 293 g/mol. The molecular formula is C11H15F3N4O3. The number of anilines is 1. The third kappa shape index (κ3) is 5.40. The Morgan fingerprint density at radius 1 is 1.38 bits per heavy atom. The highest BCUT2D eigenvalue weighted by Crippen LogP contribution is 2.29. The van der Waals surface area contributed by atoms with E-state index >= 15 is 0 Å². The number of nitrogens with one attached hydrogen (secondary N) is 1. The highest BCUT2D eigenvalue weighted by molar-refractivity contribution is 5.48. The molecule has 1 heterocycles. The molecule has 0 aromatic carbocycles. The summed E-state index contributed by atoms with van der Waals surface area (Å²) in [6.07, 6.45) is -5.61. The van der Waals surface area contributed by atoms with E-state index in [2.05, 4.69) is 15.3 Å². The van der Waals surface area contributed by atoms with Gasteiger partial charge >= 0.3 is 11.9 Å². The summed E-state index contributed by atoms with van der Waals surface area (Å²) in [4.78, 5) is 17.9. The van der Waals surface area contributed by atoms with Gasteiger partial charge in [-0.1, -0.05) is 0 Å². The zero-order chi connectivity index (χ0) is 16.0. The molecule has 0 aliphatic heterocycles. The minimum absolute atomic E-state index is 0.0803. The number of rotatable bonds is 7. The van der Waals surface area contributed by atoms with Gasteiger partial charge in [0.05, 0.1) is 11.5 Å². The average Bonchev–Trinajstić information content (AvgIpc) is 2.33. The van der Waals surface area contributed by atoms with Crippen LogP contribution in [0.5, 0.6) is 5.88 Å². The van der Waals surface area contributed by atoms with Crippen LogP contribution in [0.25, 0.3) is 0 Å². The second-order valence-electron chi connectivity index (χ2n) is 4.14. The van der Waals surface area contributed by atoms with Gasteiger partial charge in [0.2, 0.25) is 5.95 Å². The Bertz CT molecular complexity index is 508. The number of aryl methyl sites for hydroxylation is 1. The first-order valence-electron chi connectivity index (χ1n) is 6.21. The van der Waals surface area contributed by atoms with Crippen LogP contribution in [-0.4, -0.2) is 34.2 Å². The topological polar surface area (TPSA) is 90.2 Å². The Kier molecular flexibility index (Phi) is 5.68. The molecule has 0 fully saturated rings. The van der Waals surface area contributed by atoms with Crippen LogP contribution < -0.4 is 10.1 Å². The zero-order valence-corrected chi connectivity index (χ0v) is 11.5. The number of nitro groups is 1. The van der Waals surface area contributed by atoms with Gasteiger partial charge in [0, 0.05) is 13.0 Å². The van der Waals surface area contributed by atoms with E-state index in [9.17, 15) is 23.3 Å². The van der Waals surface area contributed by atoms with E-state index in [0.29, 0.717) is 6.54 Å². The summed E-state index contributed by atoms with van der Waals surface area (Å²) in [7, 11) is 0. The molecule has 0 saturated heterocycles. The maximum atomic E-state index is 12.0. The van der Waals surface area contributed by atoms with Crippen molar-refractivity contribution in [1.82, 2.24) is 9.97 Å². The fourth-order valence-corrected chi connectivity index (χ4v) is 1.53. The van der Waals surface area contributed by atoms with Crippen LogP contribution in [0.4, 0.5) is 24.8 Å². The molecule has 0 amide bonds. The second-order valence-corrected chi connectivity index (χ2v) is 4.14. The number of ether oxygens (including phenoxy) is 1. The molecule has 1 N–H and O–H groups in total. The SMILES string of the molecule is CCNc1nc(C)c([N+](=O)[O-])c(OCCCC(F)(F)F)n1. The molecule has 0 atom stereocenters. The third-order valence-electron chi connectivity index (χ3n) is 2.39. The molecule has 0 saturated carbocycles. The second kappa shape index (κ2) is 7.04. The summed E-state index contributed by atoms with van der Waals surface area (Å²) in [6.45, 7) is 3.36. The van der Waals surface area contributed by atoms with Crippen molar-refractivity contribution >= 4 is 11.6 Å². The van der Waals surface area contributed by atoms with Crippen LogP contribution >= 0.6 is 0 Å². The number of alkyl halides is 3.